The summed E-state index contributed by atoms with van der Waals surface area (Å²) in [6.07, 6.45) is 0. The van der Waals surface area contributed by atoms with Gasteiger partial charge >= 0.3 is 0 Å². The number of benzene rings is 1. The largest absolute Gasteiger partial charge is 0.379 e. The number of anilines is 1. The van der Waals surface area contributed by atoms with Crippen molar-refractivity contribution in [3.05, 3.63) is 29.8 Å². The molecule has 1 aromatic rings. The molecule has 0 bridgehead atoms. The third kappa shape index (κ3) is 2.61. The molecular weight excluding hydrogens is 212 g/mol. The van der Waals surface area contributed by atoms with Crippen LogP contribution >= 0.6 is 0 Å². The first kappa shape index (κ1) is 12.4. The number of rotatable bonds is 3. The predicted octanol–water partition coefficient (Wildman–Crippen LogP) is 1.80. The summed E-state index contributed by atoms with van der Waals surface area (Å²) < 4.78 is 5.48. The second-order valence-electron chi connectivity index (χ2n) is 5.47. The van der Waals surface area contributed by atoms with Crippen LogP contribution in [0.15, 0.2) is 24.3 Å². The number of ether oxygens (including phenoxy) is 1. The molecule has 0 aromatic heterocycles. The van der Waals surface area contributed by atoms with Gasteiger partial charge in [0.25, 0.3) is 0 Å². The molecule has 0 saturated carbocycles. The molecule has 1 fully saturated rings. The first-order chi connectivity index (χ1) is 8.01. The third-order valence-corrected chi connectivity index (χ3v) is 3.67. The van der Waals surface area contributed by atoms with Crippen LogP contribution in [0.4, 0.5) is 5.69 Å². The SMILES string of the molecule is Cc1cccc(N(C)CC2(C)COCC2N)c1. The second kappa shape index (κ2) is 4.67. The van der Waals surface area contributed by atoms with E-state index in [2.05, 4.69) is 50.1 Å². The van der Waals surface area contributed by atoms with Crippen LogP contribution in [-0.4, -0.2) is 32.8 Å². The van der Waals surface area contributed by atoms with E-state index in [1.54, 1.807) is 0 Å². The van der Waals surface area contributed by atoms with Crippen molar-refractivity contribution in [1.82, 2.24) is 0 Å². The summed E-state index contributed by atoms with van der Waals surface area (Å²) >= 11 is 0. The van der Waals surface area contributed by atoms with Gasteiger partial charge in [-0.15, -0.1) is 0 Å². The van der Waals surface area contributed by atoms with Gasteiger partial charge in [0.05, 0.1) is 13.2 Å². The lowest BCUT2D eigenvalue weighted by Gasteiger charge is -2.33. The number of nitrogens with two attached hydrogens (primary N) is 1. The molecule has 1 aliphatic rings. The van der Waals surface area contributed by atoms with Crippen molar-refractivity contribution in [3.63, 3.8) is 0 Å². The van der Waals surface area contributed by atoms with Crippen LogP contribution < -0.4 is 10.6 Å². The van der Waals surface area contributed by atoms with Crippen molar-refractivity contribution in [2.75, 3.05) is 31.7 Å². The maximum absolute atomic E-state index is 6.12. The summed E-state index contributed by atoms with van der Waals surface area (Å²) in [5.41, 5.74) is 8.70. The van der Waals surface area contributed by atoms with Crippen molar-refractivity contribution >= 4 is 5.69 Å². The summed E-state index contributed by atoms with van der Waals surface area (Å²) in [6, 6.07) is 8.68. The molecule has 17 heavy (non-hydrogen) atoms. The van der Waals surface area contributed by atoms with Crippen LogP contribution in [0.2, 0.25) is 0 Å². The number of nitrogens with zero attached hydrogens (tertiary/aromatic N) is 1. The maximum Gasteiger partial charge on any atom is 0.0624 e. The van der Waals surface area contributed by atoms with Gasteiger partial charge in [0, 0.05) is 30.7 Å². The molecule has 2 rings (SSSR count). The van der Waals surface area contributed by atoms with Crippen molar-refractivity contribution in [2.24, 2.45) is 11.1 Å². The Kier molecular flexibility index (Phi) is 3.40. The first-order valence-electron chi connectivity index (χ1n) is 6.12. The zero-order valence-electron chi connectivity index (χ0n) is 10.9. The van der Waals surface area contributed by atoms with Crippen LogP contribution in [-0.2, 0) is 4.74 Å². The Bertz CT molecular complexity index is 394. The van der Waals surface area contributed by atoms with Gasteiger partial charge in [-0.1, -0.05) is 19.1 Å². The van der Waals surface area contributed by atoms with Gasteiger partial charge in [0.2, 0.25) is 0 Å². The summed E-state index contributed by atoms with van der Waals surface area (Å²) in [5, 5.41) is 0. The lowest BCUT2D eigenvalue weighted by Crippen LogP contribution is -2.46. The van der Waals surface area contributed by atoms with Gasteiger partial charge in [-0.3, -0.25) is 0 Å². The van der Waals surface area contributed by atoms with Gasteiger partial charge in [0.15, 0.2) is 0 Å². The van der Waals surface area contributed by atoms with Crippen molar-refractivity contribution in [2.45, 2.75) is 19.9 Å². The van der Waals surface area contributed by atoms with E-state index in [0.717, 1.165) is 13.2 Å². The highest BCUT2D eigenvalue weighted by molar-refractivity contribution is 5.47. The quantitative estimate of drug-likeness (QED) is 0.866. The number of hydrogen-bond acceptors (Lipinski definition) is 3. The van der Waals surface area contributed by atoms with Crippen LogP contribution in [0.1, 0.15) is 12.5 Å². The molecule has 0 spiro atoms. The van der Waals surface area contributed by atoms with E-state index >= 15 is 0 Å². The summed E-state index contributed by atoms with van der Waals surface area (Å²) in [4.78, 5) is 2.27. The molecule has 0 amide bonds. The topological polar surface area (TPSA) is 38.5 Å². The Morgan fingerprint density at radius 3 is 2.88 bits per heavy atom. The van der Waals surface area contributed by atoms with Crippen molar-refractivity contribution in [1.29, 1.82) is 0 Å². The Labute approximate surface area is 104 Å². The average Bonchev–Trinajstić information content (AvgIpc) is 2.59. The Morgan fingerprint density at radius 2 is 2.29 bits per heavy atom. The summed E-state index contributed by atoms with van der Waals surface area (Å²) in [7, 11) is 2.12. The van der Waals surface area contributed by atoms with E-state index in [1.165, 1.54) is 11.3 Å². The number of aryl methyl sites for hydroxylation is 1. The molecule has 1 heterocycles. The molecule has 0 radical (unpaired) electrons. The number of hydrogen-bond donors (Lipinski definition) is 1. The molecule has 2 unspecified atom stereocenters. The van der Waals surface area contributed by atoms with Gasteiger partial charge in [-0.05, 0) is 24.6 Å². The second-order valence-corrected chi connectivity index (χ2v) is 5.47. The van der Waals surface area contributed by atoms with Gasteiger partial charge in [-0.2, -0.15) is 0 Å². The minimum Gasteiger partial charge on any atom is -0.379 e. The first-order valence-corrected chi connectivity index (χ1v) is 6.12. The molecule has 3 heteroatoms. The van der Waals surface area contributed by atoms with Crippen LogP contribution in [0, 0.1) is 12.3 Å². The summed E-state index contributed by atoms with van der Waals surface area (Å²) in [5.74, 6) is 0. The maximum atomic E-state index is 6.12. The van der Waals surface area contributed by atoms with E-state index in [9.17, 15) is 0 Å². The summed E-state index contributed by atoms with van der Waals surface area (Å²) in [6.45, 7) is 6.68. The lowest BCUT2D eigenvalue weighted by atomic mass is 9.85. The molecule has 0 aliphatic carbocycles. The standard InChI is InChI=1S/C14H22N2O/c1-11-5-4-6-12(7-11)16(3)9-14(2)10-17-8-13(14)15/h4-7,13H,8-10,15H2,1-3H3. The minimum atomic E-state index is 0.0541. The molecular formula is C14H22N2O. The molecule has 94 valence electrons. The molecule has 1 aromatic carbocycles. The average molecular weight is 234 g/mol. The predicted molar refractivity (Wildman–Crippen MR) is 71.4 cm³/mol. The van der Waals surface area contributed by atoms with Gasteiger partial charge in [0.1, 0.15) is 0 Å². The van der Waals surface area contributed by atoms with Gasteiger partial charge < -0.3 is 15.4 Å². The van der Waals surface area contributed by atoms with E-state index in [-0.39, 0.29) is 11.5 Å². The zero-order chi connectivity index (χ0) is 12.5. The van der Waals surface area contributed by atoms with Crippen molar-refractivity contribution in [3.8, 4) is 0 Å². The smallest absolute Gasteiger partial charge is 0.0624 e. The fourth-order valence-electron chi connectivity index (χ4n) is 2.39. The zero-order valence-corrected chi connectivity index (χ0v) is 10.9. The Balaban J connectivity index is 2.09. The highest BCUT2D eigenvalue weighted by Gasteiger charge is 2.38. The minimum absolute atomic E-state index is 0.0541. The molecule has 2 N–H and O–H groups in total. The normalized spacial score (nSPS) is 28.4. The fourth-order valence-corrected chi connectivity index (χ4v) is 2.39. The highest BCUT2D eigenvalue weighted by atomic mass is 16.5. The highest BCUT2D eigenvalue weighted by Crippen LogP contribution is 2.29. The fraction of sp³-hybridized carbons (Fsp3) is 0.571. The van der Waals surface area contributed by atoms with E-state index in [4.69, 9.17) is 10.5 Å². The van der Waals surface area contributed by atoms with E-state index in [1.807, 2.05) is 0 Å². The van der Waals surface area contributed by atoms with Crippen LogP contribution in [0.3, 0.4) is 0 Å². The third-order valence-electron chi connectivity index (χ3n) is 3.67. The van der Waals surface area contributed by atoms with Crippen LogP contribution in [0.5, 0.6) is 0 Å². The van der Waals surface area contributed by atoms with Crippen molar-refractivity contribution < 1.29 is 4.74 Å². The lowest BCUT2D eigenvalue weighted by molar-refractivity contribution is 0.162. The monoisotopic (exact) mass is 234 g/mol. The Hall–Kier alpha value is -1.06. The van der Waals surface area contributed by atoms with E-state index < -0.39 is 0 Å². The molecule has 2 atom stereocenters. The van der Waals surface area contributed by atoms with Crippen LogP contribution in [0.25, 0.3) is 0 Å². The molecule has 1 saturated heterocycles. The van der Waals surface area contributed by atoms with Gasteiger partial charge in [-0.25, -0.2) is 0 Å². The van der Waals surface area contributed by atoms with E-state index in [0.29, 0.717) is 6.61 Å². The molecule has 1 aliphatic heterocycles. The molecule has 3 nitrogen and oxygen atoms in total. The Morgan fingerprint density at radius 1 is 1.53 bits per heavy atom.